The van der Waals surface area contributed by atoms with Crippen molar-refractivity contribution in [2.24, 2.45) is 0 Å². The number of nitrogens with one attached hydrogen (secondary N) is 1. The molecule has 0 aliphatic carbocycles. The van der Waals surface area contributed by atoms with Crippen LogP contribution in [0.15, 0.2) is 24.5 Å². The van der Waals surface area contributed by atoms with Crippen molar-refractivity contribution in [2.45, 2.75) is 19.8 Å². The number of hydrogen-bond acceptors (Lipinski definition) is 3. The Kier molecular flexibility index (Phi) is 3.39. The van der Waals surface area contributed by atoms with E-state index >= 15 is 0 Å². The van der Waals surface area contributed by atoms with Crippen LogP contribution in [-0.4, -0.2) is 27.0 Å². The molecule has 5 heteroatoms. The summed E-state index contributed by atoms with van der Waals surface area (Å²) in [5.74, 6) is 0.415. The second kappa shape index (κ2) is 4.97. The highest BCUT2D eigenvalue weighted by molar-refractivity contribution is 5.89. The number of amides is 1. The average molecular weight is 233 g/mol. The number of carbonyl (C=O) groups is 1. The zero-order chi connectivity index (χ0) is 12.3. The molecule has 0 bridgehead atoms. The number of nitrogens with zero attached hydrogens (tertiary/aromatic N) is 2. The van der Waals surface area contributed by atoms with Crippen LogP contribution >= 0.6 is 0 Å². The Morgan fingerprint density at radius 2 is 2.29 bits per heavy atom. The second-order valence-corrected chi connectivity index (χ2v) is 3.97. The molecular formula is C12H15N3O2. The first-order chi connectivity index (χ1) is 8.19. The fraction of sp³-hybridized carbons (Fsp3) is 0.333. The third kappa shape index (κ3) is 2.82. The van der Waals surface area contributed by atoms with E-state index in [1.165, 1.54) is 0 Å². The number of aromatic nitrogens is 2. The summed E-state index contributed by atoms with van der Waals surface area (Å²) in [5, 5.41) is 11.3. The summed E-state index contributed by atoms with van der Waals surface area (Å²) in [6, 6.07) is 3.87. The topological polar surface area (TPSA) is 66.6 Å². The molecule has 2 heterocycles. The van der Waals surface area contributed by atoms with Crippen molar-refractivity contribution in [3.05, 3.63) is 30.1 Å². The van der Waals surface area contributed by atoms with E-state index in [9.17, 15) is 4.79 Å². The zero-order valence-electron chi connectivity index (χ0n) is 9.68. The van der Waals surface area contributed by atoms with Crippen molar-refractivity contribution in [3.63, 3.8) is 0 Å². The van der Waals surface area contributed by atoms with Gasteiger partial charge in [-0.05, 0) is 25.0 Å². The van der Waals surface area contributed by atoms with Gasteiger partial charge in [0.15, 0.2) is 5.82 Å². The van der Waals surface area contributed by atoms with E-state index in [1.54, 1.807) is 6.20 Å². The number of carbonyl (C=O) groups excluding carboxylic acids is 1. The molecule has 0 saturated carbocycles. The van der Waals surface area contributed by atoms with Crippen LogP contribution in [-0.2, 0) is 4.79 Å². The summed E-state index contributed by atoms with van der Waals surface area (Å²) in [4.78, 5) is 15.7. The van der Waals surface area contributed by atoms with Crippen LogP contribution in [0, 0.1) is 6.92 Å². The molecule has 0 spiro atoms. The fourth-order valence-corrected chi connectivity index (χ4v) is 1.61. The van der Waals surface area contributed by atoms with E-state index < -0.39 is 0 Å². The van der Waals surface area contributed by atoms with Gasteiger partial charge in [-0.1, -0.05) is 6.07 Å². The van der Waals surface area contributed by atoms with Gasteiger partial charge in [0.2, 0.25) is 5.91 Å². The molecule has 2 aromatic heterocycles. The maximum Gasteiger partial charge on any atom is 0.225 e. The van der Waals surface area contributed by atoms with Gasteiger partial charge in [0.1, 0.15) is 5.65 Å². The second-order valence-electron chi connectivity index (χ2n) is 3.97. The van der Waals surface area contributed by atoms with Crippen LogP contribution in [0.4, 0.5) is 5.82 Å². The lowest BCUT2D eigenvalue weighted by Crippen LogP contribution is -2.11. The minimum Gasteiger partial charge on any atom is -0.396 e. The molecule has 0 unspecified atom stereocenters. The molecule has 2 N–H and O–H groups in total. The standard InChI is InChI=1S/C12H15N3O2/c1-9-4-5-11-13-10(8-15(11)7-9)14-12(17)3-2-6-16/h4-5,7-8,16H,2-3,6H2,1H3,(H,14,17). The normalized spacial score (nSPS) is 10.7. The number of imidazole rings is 1. The molecule has 0 aliphatic rings. The van der Waals surface area contributed by atoms with Crippen LogP contribution in [0.2, 0.25) is 0 Å². The molecule has 17 heavy (non-hydrogen) atoms. The van der Waals surface area contributed by atoms with Crippen molar-refractivity contribution in [1.29, 1.82) is 0 Å². The first kappa shape index (κ1) is 11.6. The molecule has 0 aliphatic heterocycles. The predicted octanol–water partition coefficient (Wildman–Crippen LogP) is 1.35. The Morgan fingerprint density at radius 3 is 3.06 bits per heavy atom. The Bertz CT molecular complexity index is 534. The van der Waals surface area contributed by atoms with Crippen LogP contribution in [0.1, 0.15) is 18.4 Å². The lowest BCUT2D eigenvalue weighted by molar-refractivity contribution is -0.116. The lowest BCUT2D eigenvalue weighted by Gasteiger charge is -1.98. The van der Waals surface area contributed by atoms with Crippen molar-refractivity contribution in [2.75, 3.05) is 11.9 Å². The smallest absolute Gasteiger partial charge is 0.225 e. The highest BCUT2D eigenvalue weighted by Crippen LogP contribution is 2.11. The summed E-state index contributed by atoms with van der Waals surface area (Å²) in [7, 11) is 0. The predicted molar refractivity (Wildman–Crippen MR) is 64.9 cm³/mol. The van der Waals surface area contributed by atoms with E-state index in [-0.39, 0.29) is 12.5 Å². The summed E-state index contributed by atoms with van der Waals surface area (Å²) >= 11 is 0. The zero-order valence-corrected chi connectivity index (χ0v) is 9.68. The van der Waals surface area contributed by atoms with Crippen LogP contribution in [0.3, 0.4) is 0 Å². The molecule has 0 radical (unpaired) electrons. The number of fused-ring (bicyclic) bond motifs is 1. The maximum atomic E-state index is 11.4. The number of anilines is 1. The first-order valence-electron chi connectivity index (χ1n) is 5.55. The van der Waals surface area contributed by atoms with Gasteiger partial charge in [-0.25, -0.2) is 4.98 Å². The van der Waals surface area contributed by atoms with Crippen molar-refractivity contribution >= 4 is 17.4 Å². The number of rotatable bonds is 4. The number of aliphatic hydroxyl groups is 1. The summed E-state index contributed by atoms with van der Waals surface area (Å²) in [5.41, 5.74) is 1.93. The molecule has 0 atom stereocenters. The van der Waals surface area contributed by atoms with Gasteiger partial charge in [0, 0.05) is 19.2 Å². The molecular weight excluding hydrogens is 218 g/mol. The summed E-state index contributed by atoms with van der Waals surface area (Å²) < 4.78 is 1.87. The Morgan fingerprint density at radius 1 is 1.47 bits per heavy atom. The molecule has 5 nitrogen and oxygen atoms in total. The van der Waals surface area contributed by atoms with Gasteiger partial charge in [0.25, 0.3) is 0 Å². The van der Waals surface area contributed by atoms with Gasteiger partial charge in [-0.3, -0.25) is 4.79 Å². The average Bonchev–Trinajstić information content (AvgIpc) is 2.67. The minimum absolute atomic E-state index is 0.0256. The van der Waals surface area contributed by atoms with Gasteiger partial charge >= 0.3 is 0 Å². The Hall–Kier alpha value is -1.88. The van der Waals surface area contributed by atoms with E-state index in [0.717, 1.165) is 11.2 Å². The molecule has 1 amide bonds. The van der Waals surface area contributed by atoms with Crippen molar-refractivity contribution < 1.29 is 9.90 Å². The van der Waals surface area contributed by atoms with Crippen molar-refractivity contribution in [3.8, 4) is 0 Å². The van der Waals surface area contributed by atoms with E-state index in [4.69, 9.17) is 5.11 Å². The minimum atomic E-state index is -0.126. The van der Waals surface area contributed by atoms with Crippen LogP contribution in [0.5, 0.6) is 0 Å². The molecule has 0 aromatic carbocycles. The monoisotopic (exact) mass is 233 g/mol. The number of aryl methyl sites for hydroxylation is 1. The molecule has 2 rings (SSSR count). The molecule has 2 aromatic rings. The van der Waals surface area contributed by atoms with E-state index in [0.29, 0.717) is 18.7 Å². The Balaban J connectivity index is 2.11. The molecule has 0 saturated heterocycles. The van der Waals surface area contributed by atoms with Crippen molar-refractivity contribution in [1.82, 2.24) is 9.38 Å². The van der Waals surface area contributed by atoms with Gasteiger partial charge in [-0.15, -0.1) is 0 Å². The number of aliphatic hydroxyl groups excluding tert-OH is 1. The summed E-state index contributed by atoms with van der Waals surface area (Å²) in [6.45, 7) is 2.02. The third-order valence-electron chi connectivity index (χ3n) is 2.43. The highest BCUT2D eigenvalue weighted by Gasteiger charge is 2.05. The number of hydrogen-bond donors (Lipinski definition) is 2. The summed E-state index contributed by atoms with van der Waals surface area (Å²) in [6.07, 6.45) is 4.51. The molecule has 90 valence electrons. The first-order valence-corrected chi connectivity index (χ1v) is 5.55. The fourth-order valence-electron chi connectivity index (χ4n) is 1.61. The Labute approximate surface area is 99.1 Å². The quantitative estimate of drug-likeness (QED) is 0.837. The largest absolute Gasteiger partial charge is 0.396 e. The molecule has 0 fully saturated rings. The lowest BCUT2D eigenvalue weighted by atomic mass is 10.3. The SMILES string of the molecule is Cc1ccc2nc(NC(=O)CCCO)cn2c1. The highest BCUT2D eigenvalue weighted by atomic mass is 16.3. The van der Waals surface area contributed by atoms with Crippen LogP contribution in [0.25, 0.3) is 5.65 Å². The van der Waals surface area contributed by atoms with Gasteiger partial charge < -0.3 is 14.8 Å². The number of pyridine rings is 1. The van der Waals surface area contributed by atoms with Gasteiger partial charge in [-0.2, -0.15) is 0 Å². The van der Waals surface area contributed by atoms with E-state index in [1.807, 2.05) is 29.7 Å². The van der Waals surface area contributed by atoms with E-state index in [2.05, 4.69) is 10.3 Å². The van der Waals surface area contributed by atoms with Crippen LogP contribution < -0.4 is 5.32 Å². The van der Waals surface area contributed by atoms with Gasteiger partial charge in [0.05, 0.1) is 6.20 Å². The maximum absolute atomic E-state index is 11.4. The third-order valence-corrected chi connectivity index (χ3v) is 2.43.